The molecule has 116 valence electrons. The van der Waals surface area contributed by atoms with Gasteiger partial charge in [-0.3, -0.25) is 4.68 Å². The van der Waals surface area contributed by atoms with Crippen LogP contribution in [0.15, 0.2) is 12.4 Å². The Morgan fingerprint density at radius 2 is 1.90 bits per heavy atom. The summed E-state index contributed by atoms with van der Waals surface area (Å²) in [4.78, 5) is 0. The fourth-order valence-electron chi connectivity index (χ4n) is 2.26. The van der Waals surface area contributed by atoms with Crippen LogP contribution in [0.1, 0.15) is 57.4 Å². The quantitative estimate of drug-likeness (QED) is 0.563. The Balaban J connectivity index is 2.02. The summed E-state index contributed by atoms with van der Waals surface area (Å²) in [7, 11) is 1.72. The fraction of sp³-hybridized carbons (Fsp3) is 0.812. The van der Waals surface area contributed by atoms with Gasteiger partial charge in [-0.05, 0) is 6.42 Å². The van der Waals surface area contributed by atoms with E-state index in [4.69, 9.17) is 4.74 Å². The van der Waals surface area contributed by atoms with E-state index in [-0.39, 0.29) is 0 Å². The third-order valence-electron chi connectivity index (χ3n) is 3.49. The van der Waals surface area contributed by atoms with Crippen LogP contribution in [0.2, 0.25) is 0 Å². The summed E-state index contributed by atoms with van der Waals surface area (Å²) >= 11 is 0. The number of nitrogens with one attached hydrogen (secondary N) is 1. The van der Waals surface area contributed by atoms with Crippen molar-refractivity contribution in [3.8, 4) is 0 Å². The number of rotatable bonds is 13. The Hall–Kier alpha value is -0.870. The first-order valence-electron chi connectivity index (χ1n) is 8.07. The summed E-state index contributed by atoms with van der Waals surface area (Å²) in [5.74, 6) is 0. The summed E-state index contributed by atoms with van der Waals surface area (Å²) in [5.41, 5.74) is 1.25. The number of aryl methyl sites for hydroxylation is 1. The number of aromatic nitrogens is 2. The lowest BCUT2D eigenvalue weighted by molar-refractivity contribution is 0.199. The molecule has 1 aromatic rings. The Morgan fingerprint density at radius 3 is 2.65 bits per heavy atom. The van der Waals surface area contributed by atoms with Crippen LogP contribution in [0.25, 0.3) is 0 Å². The number of ether oxygens (including phenoxy) is 1. The largest absolute Gasteiger partial charge is 0.383 e. The average Bonchev–Trinajstić information content (AvgIpc) is 2.90. The molecule has 20 heavy (non-hydrogen) atoms. The van der Waals surface area contributed by atoms with Gasteiger partial charge in [-0.1, -0.05) is 45.4 Å². The van der Waals surface area contributed by atoms with Crippen molar-refractivity contribution in [1.29, 1.82) is 0 Å². The van der Waals surface area contributed by atoms with Crippen LogP contribution < -0.4 is 5.32 Å². The third kappa shape index (κ3) is 8.33. The molecule has 0 aromatic carbocycles. The standard InChI is InChI=1S/C16H31N3O/c1-3-4-5-6-7-8-9-11-19-15-16(14-18-19)13-17-10-12-20-2/h14-15,17H,3-13H2,1-2H3. The van der Waals surface area contributed by atoms with Crippen LogP contribution >= 0.6 is 0 Å². The van der Waals surface area contributed by atoms with E-state index in [0.717, 1.165) is 26.2 Å². The maximum Gasteiger partial charge on any atom is 0.0587 e. The Kier molecular flexibility index (Phi) is 10.2. The molecule has 0 saturated heterocycles. The van der Waals surface area contributed by atoms with E-state index in [0.29, 0.717) is 0 Å². The zero-order valence-corrected chi connectivity index (χ0v) is 13.2. The molecule has 0 aliphatic carbocycles. The molecule has 0 bridgehead atoms. The number of hydrogen-bond donors (Lipinski definition) is 1. The van der Waals surface area contributed by atoms with Crippen molar-refractivity contribution in [2.75, 3.05) is 20.3 Å². The van der Waals surface area contributed by atoms with Crippen LogP contribution in [0, 0.1) is 0 Å². The molecule has 1 N–H and O–H groups in total. The molecule has 0 amide bonds. The summed E-state index contributed by atoms with van der Waals surface area (Å²) in [5, 5.41) is 7.74. The maximum atomic E-state index is 5.00. The molecule has 0 fully saturated rings. The van der Waals surface area contributed by atoms with Crippen molar-refractivity contribution in [3.05, 3.63) is 18.0 Å². The molecule has 0 unspecified atom stereocenters. The summed E-state index contributed by atoms with van der Waals surface area (Å²) in [6.07, 6.45) is 13.5. The van der Waals surface area contributed by atoms with Gasteiger partial charge in [0.2, 0.25) is 0 Å². The van der Waals surface area contributed by atoms with E-state index in [9.17, 15) is 0 Å². The smallest absolute Gasteiger partial charge is 0.0587 e. The van der Waals surface area contributed by atoms with Crippen LogP contribution in [0.4, 0.5) is 0 Å². The van der Waals surface area contributed by atoms with Crippen LogP contribution in [0.5, 0.6) is 0 Å². The Morgan fingerprint density at radius 1 is 1.15 bits per heavy atom. The van der Waals surface area contributed by atoms with E-state index in [1.54, 1.807) is 7.11 Å². The van der Waals surface area contributed by atoms with Gasteiger partial charge in [0, 0.05) is 38.5 Å². The first-order chi connectivity index (χ1) is 9.86. The Labute approximate surface area is 123 Å². The monoisotopic (exact) mass is 281 g/mol. The van der Waals surface area contributed by atoms with Gasteiger partial charge >= 0.3 is 0 Å². The second-order valence-electron chi connectivity index (χ2n) is 5.40. The summed E-state index contributed by atoms with van der Waals surface area (Å²) < 4.78 is 7.07. The minimum atomic E-state index is 0.756. The van der Waals surface area contributed by atoms with Crippen LogP contribution in [-0.4, -0.2) is 30.0 Å². The fourth-order valence-corrected chi connectivity index (χ4v) is 2.26. The summed E-state index contributed by atoms with van der Waals surface area (Å²) in [6, 6.07) is 0. The maximum absolute atomic E-state index is 5.00. The van der Waals surface area contributed by atoms with Crippen molar-refractivity contribution in [1.82, 2.24) is 15.1 Å². The van der Waals surface area contributed by atoms with Gasteiger partial charge in [-0.25, -0.2) is 0 Å². The van der Waals surface area contributed by atoms with Crippen LogP contribution in [-0.2, 0) is 17.8 Å². The predicted octanol–water partition coefficient (Wildman–Crippen LogP) is 3.37. The Bertz CT molecular complexity index is 325. The van der Waals surface area contributed by atoms with Gasteiger partial charge in [0.15, 0.2) is 0 Å². The first-order valence-corrected chi connectivity index (χ1v) is 8.07. The normalized spacial score (nSPS) is 11.1. The third-order valence-corrected chi connectivity index (χ3v) is 3.49. The average molecular weight is 281 g/mol. The van der Waals surface area contributed by atoms with E-state index in [2.05, 4.69) is 28.2 Å². The van der Waals surface area contributed by atoms with Crippen LogP contribution in [0.3, 0.4) is 0 Å². The second-order valence-corrected chi connectivity index (χ2v) is 5.40. The van der Waals surface area contributed by atoms with E-state index < -0.39 is 0 Å². The summed E-state index contributed by atoms with van der Waals surface area (Å²) in [6.45, 7) is 5.83. The number of hydrogen-bond acceptors (Lipinski definition) is 3. The molecule has 4 heteroatoms. The minimum Gasteiger partial charge on any atom is -0.383 e. The molecule has 1 heterocycles. The van der Waals surface area contributed by atoms with Crippen molar-refractivity contribution < 1.29 is 4.74 Å². The SMILES string of the molecule is CCCCCCCCCn1cc(CNCCOC)cn1. The molecule has 0 atom stereocenters. The molecule has 0 saturated carbocycles. The molecule has 0 radical (unpaired) electrons. The van der Waals surface area contributed by atoms with Gasteiger partial charge in [0.1, 0.15) is 0 Å². The number of nitrogens with zero attached hydrogens (tertiary/aromatic N) is 2. The zero-order chi connectivity index (χ0) is 14.5. The van der Waals surface area contributed by atoms with E-state index >= 15 is 0 Å². The molecule has 1 rings (SSSR count). The molecule has 0 aliphatic heterocycles. The van der Waals surface area contributed by atoms with Gasteiger partial charge in [-0.15, -0.1) is 0 Å². The highest BCUT2D eigenvalue weighted by Crippen LogP contribution is 2.08. The highest BCUT2D eigenvalue weighted by molar-refractivity contribution is 5.03. The lowest BCUT2D eigenvalue weighted by Gasteiger charge is -2.02. The second kappa shape index (κ2) is 11.9. The van der Waals surface area contributed by atoms with Gasteiger partial charge in [-0.2, -0.15) is 5.10 Å². The topological polar surface area (TPSA) is 39.1 Å². The molecular weight excluding hydrogens is 250 g/mol. The molecule has 4 nitrogen and oxygen atoms in total. The van der Waals surface area contributed by atoms with Gasteiger partial charge in [0.25, 0.3) is 0 Å². The molecule has 0 aliphatic rings. The van der Waals surface area contributed by atoms with Crippen molar-refractivity contribution in [2.24, 2.45) is 0 Å². The van der Waals surface area contributed by atoms with E-state index in [1.165, 1.54) is 50.5 Å². The highest BCUT2D eigenvalue weighted by Gasteiger charge is 1.98. The lowest BCUT2D eigenvalue weighted by atomic mass is 10.1. The molecular formula is C16H31N3O. The molecule has 0 spiro atoms. The van der Waals surface area contributed by atoms with Crippen molar-refractivity contribution in [2.45, 2.75) is 65.0 Å². The van der Waals surface area contributed by atoms with E-state index in [1.807, 2.05) is 6.20 Å². The molecule has 1 aromatic heterocycles. The highest BCUT2D eigenvalue weighted by atomic mass is 16.5. The van der Waals surface area contributed by atoms with Gasteiger partial charge < -0.3 is 10.1 Å². The number of methoxy groups -OCH3 is 1. The van der Waals surface area contributed by atoms with Crippen molar-refractivity contribution >= 4 is 0 Å². The van der Waals surface area contributed by atoms with Crippen molar-refractivity contribution in [3.63, 3.8) is 0 Å². The predicted molar refractivity (Wildman–Crippen MR) is 83.8 cm³/mol. The van der Waals surface area contributed by atoms with Gasteiger partial charge in [0.05, 0.1) is 12.8 Å². The first kappa shape index (κ1) is 17.2. The lowest BCUT2D eigenvalue weighted by Crippen LogP contribution is -2.18. The minimum absolute atomic E-state index is 0.756. The number of unbranched alkanes of at least 4 members (excludes halogenated alkanes) is 6. The zero-order valence-electron chi connectivity index (χ0n) is 13.2.